The van der Waals surface area contributed by atoms with Crippen LogP contribution in [0, 0.1) is 0 Å². The largest absolute Gasteiger partial charge is 0.373 e. The quantitative estimate of drug-likeness (QED) is 0.735. The third-order valence-electron chi connectivity index (χ3n) is 4.41. The van der Waals surface area contributed by atoms with E-state index in [1.165, 1.54) is 15.6 Å². The summed E-state index contributed by atoms with van der Waals surface area (Å²) in [6, 6.07) is 9.91. The number of benzene rings is 1. The van der Waals surface area contributed by atoms with Crippen LogP contribution in [0.25, 0.3) is 0 Å². The zero-order chi connectivity index (χ0) is 20.1. The van der Waals surface area contributed by atoms with Crippen LogP contribution < -0.4 is 5.32 Å². The summed E-state index contributed by atoms with van der Waals surface area (Å²) < 4.78 is 32.0. The Balaban J connectivity index is 1.50. The van der Waals surface area contributed by atoms with E-state index in [9.17, 15) is 13.2 Å². The molecule has 3 rings (SSSR count). The molecule has 0 bridgehead atoms. The first-order chi connectivity index (χ1) is 13.3. The molecule has 7 nitrogen and oxygen atoms in total. The summed E-state index contributed by atoms with van der Waals surface area (Å²) in [5, 5.41) is 5.21. The van der Waals surface area contributed by atoms with E-state index >= 15 is 0 Å². The lowest BCUT2D eigenvalue weighted by Gasteiger charge is -2.34. The Hall–Kier alpha value is -1.81. The van der Waals surface area contributed by atoms with Gasteiger partial charge in [0.25, 0.3) is 5.91 Å². The standard InChI is InChI=1S/C19H25N3O4S2/c1-14-11-22(12-15(2)26-14)28(24,25)9-8-20-19(23)17-13-27-18(21-17)10-16-6-4-3-5-7-16/h3-7,13-15H,8-12H2,1-2H3,(H,20,23)/t14-,15+. The monoisotopic (exact) mass is 423 g/mol. The van der Waals surface area contributed by atoms with Crippen LogP contribution in [0.15, 0.2) is 35.7 Å². The molecule has 1 amide bonds. The van der Waals surface area contributed by atoms with Crippen molar-refractivity contribution < 1.29 is 17.9 Å². The van der Waals surface area contributed by atoms with Gasteiger partial charge in [0.15, 0.2) is 0 Å². The van der Waals surface area contributed by atoms with Crippen LogP contribution >= 0.6 is 11.3 Å². The minimum atomic E-state index is -3.44. The molecule has 9 heteroatoms. The van der Waals surface area contributed by atoms with E-state index in [0.717, 1.165) is 10.6 Å². The fourth-order valence-electron chi connectivity index (χ4n) is 3.14. The first kappa shape index (κ1) is 20.9. The fourth-order valence-corrected chi connectivity index (χ4v) is 5.44. The third kappa shape index (κ3) is 5.60. The fraction of sp³-hybridized carbons (Fsp3) is 0.474. The highest BCUT2D eigenvalue weighted by Crippen LogP contribution is 2.16. The average molecular weight is 424 g/mol. The molecular formula is C19H25N3O4S2. The van der Waals surface area contributed by atoms with Gasteiger partial charge in [0.05, 0.1) is 23.0 Å². The van der Waals surface area contributed by atoms with Crippen molar-refractivity contribution in [2.45, 2.75) is 32.5 Å². The first-order valence-electron chi connectivity index (χ1n) is 9.23. The number of ether oxygens (including phenoxy) is 1. The third-order valence-corrected chi connectivity index (χ3v) is 7.06. The molecule has 28 heavy (non-hydrogen) atoms. The zero-order valence-corrected chi connectivity index (χ0v) is 17.6. The molecule has 2 heterocycles. The summed E-state index contributed by atoms with van der Waals surface area (Å²) in [6.07, 6.45) is 0.401. The van der Waals surface area contributed by atoms with E-state index in [0.29, 0.717) is 25.2 Å². The van der Waals surface area contributed by atoms with E-state index < -0.39 is 10.0 Å². The number of amides is 1. The van der Waals surface area contributed by atoms with Crippen molar-refractivity contribution >= 4 is 27.3 Å². The molecule has 2 aromatic rings. The van der Waals surface area contributed by atoms with Crippen LogP contribution in [0.2, 0.25) is 0 Å². The van der Waals surface area contributed by atoms with Gasteiger partial charge in [-0.15, -0.1) is 11.3 Å². The maximum atomic E-state index is 12.5. The van der Waals surface area contributed by atoms with Crippen LogP contribution in [0.5, 0.6) is 0 Å². The number of aromatic nitrogens is 1. The van der Waals surface area contributed by atoms with Crippen molar-refractivity contribution in [3.8, 4) is 0 Å². The van der Waals surface area contributed by atoms with Gasteiger partial charge in [0, 0.05) is 31.4 Å². The van der Waals surface area contributed by atoms with Gasteiger partial charge in [0.2, 0.25) is 10.0 Å². The van der Waals surface area contributed by atoms with Gasteiger partial charge in [-0.3, -0.25) is 4.79 Å². The van der Waals surface area contributed by atoms with E-state index in [-0.39, 0.29) is 30.4 Å². The predicted molar refractivity (Wildman–Crippen MR) is 109 cm³/mol. The second-order valence-corrected chi connectivity index (χ2v) is 9.97. The second-order valence-electron chi connectivity index (χ2n) is 6.94. The van der Waals surface area contributed by atoms with Gasteiger partial charge in [-0.25, -0.2) is 13.4 Å². The summed E-state index contributed by atoms with van der Waals surface area (Å²) >= 11 is 1.42. The lowest BCUT2D eigenvalue weighted by molar-refractivity contribution is -0.0440. The zero-order valence-electron chi connectivity index (χ0n) is 16.0. The molecule has 152 valence electrons. The van der Waals surface area contributed by atoms with Crippen molar-refractivity contribution in [1.29, 1.82) is 0 Å². The van der Waals surface area contributed by atoms with E-state index in [1.807, 2.05) is 44.2 Å². The molecule has 1 aromatic carbocycles. The topological polar surface area (TPSA) is 88.6 Å². The number of carbonyl (C=O) groups is 1. The highest BCUT2D eigenvalue weighted by atomic mass is 32.2. The molecule has 0 spiro atoms. The summed E-state index contributed by atoms with van der Waals surface area (Å²) in [5.41, 5.74) is 1.45. The van der Waals surface area contributed by atoms with E-state index in [4.69, 9.17) is 4.74 Å². The van der Waals surface area contributed by atoms with Gasteiger partial charge in [-0.1, -0.05) is 30.3 Å². The lowest BCUT2D eigenvalue weighted by Crippen LogP contribution is -2.49. The van der Waals surface area contributed by atoms with Crippen LogP contribution in [0.4, 0.5) is 0 Å². The number of sulfonamides is 1. The Morgan fingerprint density at radius 3 is 2.61 bits per heavy atom. The molecule has 1 aliphatic rings. The van der Waals surface area contributed by atoms with Crippen molar-refractivity contribution in [1.82, 2.24) is 14.6 Å². The molecule has 1 N–H and O–H groups in total. The first-order valence-corrected chi connectivity index (χ1v) is 11.7. The van der Waals surface area contributed by atoms with Crippen LogP contribution in [0.3, 0.4) is 0 Å². The molecule has 1 aliphatic heterocycles. The van der Waals surface area contributed by atoms with Crippen molar-refractivity contribution in [2.24, 2.45) is 0 Å². The average Bonchev–Trinajstić information content (AvgIpc) is 3.10. The van der Waals surface area contributed by atoms with Gasteiger partial charge in [0.1, 0.15) is 5.69 Å². The Labute approximate surface area is 169 Å². The number of nitrogens with one attached hydrogen (secondary N) is 1. The van der Waals surface area contributed by atoms with Gasteiger partial charge in [-0.05, 0) is 19.4 Å². The van der Waals surface area contributed by atoms with Crippen LogP contribution in [-0.4, -0.2) is 61.2 Å². The van der Waals surface area contributed by atoms with Gasteiger partial charge in [-0.2, -0.15) is 4.31 Å². The SMILES string of the molecule is C[C@@H]1CN(S(=O)(=O)CCNC(=O)c2csc(Cc3ccccc3)n2)C[C@H](C)O1. The molecule has 0 unspecified atom stereocenters. The molecular weight excluding hydrogens is 398 g/mol. The molecule has 1 fully saturated rings. The number of rotatable bonds is 7. The maximum Gasteiger partial charge on any atom is 0.270 e. The Kier molecular flexibility index (Phi) is 6.82. The highest BCUT2D eigenvalue weighted by molar-refractivity contribution is 7.89. The molecule has 0 radical (unpaired) electrons. The number of thiazole rings is 1. The van der Waals surface area contributed by atoms with E-state index in [1.54, 1.807) is 5.38 Å². The summed E-state index contributed by atoms with van der Waals surface area (Å²) in [6.45, 7) is 4.45. The maximum absolute atomic E-state index is 12.5. The Morgan fingerprint density at radius 1 is 1.25 bits per heavy atom. The minimum Gasteiger partial charge on any atom is -0.373 e. The van der Waals surface area contributed by atoms with Gasteiger partial charge >= 0.3 is 0 Å². The summed E-state index contributed by atoms with van der Waals surface area (Å²) in [5.74, 6) is -0.492. The summed E-state index contributed by atoms with van der Waals surface area (Å²) in [4.78, 5) is 16.6. The number of morpholine rings is 1. The predicted octanol–water partition coefficient (Wildman–Crippen LogP) is 1.90. The molecule has 0 aliphatic carbocycles. The summed E-state index contributed by atoms with van der Waals surface area (Å²) in [7, 11) is -3.44. The lowest BCUT2D eigenvalue weighted by atomic mass is 10.2. The number of hydrogen-bond donors (Lipinski definition) is 1. The van der Waals surface area contributed by atoms with Crippen LogP contribution in [0.1, 0.15) is 34.9 Å². The minimum absolute atomic E-state index is 0.0484. The number of carbonyl (C=O) groups excluding carboxylic acids is 1. The normalized spacial score (nSPS) is 20.8. The smallest absolute Gasteiger partial charge is 0.270 e. The van der Waals surface area contributed by atoms with Crippen LogP contribution in [-0.2, 0) is 21.2 Å². The second kappa shape index (κ2) is 9.13. The molecule has 2 atom stereocenters. The van der Waals surface area contributed by atoms with Crippen molar-refractivity contribution in [3.05, 3.63) is 52.0 Å². The Morgan fingerprint density at radius 2 is 1.93 bits per heavy atom. The number of nitrogens with zero attached hydrogens (tertiary/aromatic N) is 2. The van der Waals surface area contributed by atoms with E-state index in [2.05, 4.69) is 10.3 Å². The Bertz CT molecular complexity index is 889. The molecule has 1 aromatic heterocycles. The highest BCUT2D eigenvalue weighted by Gasteiger charge is 2.30. The van der Waals surface area contributed by atoms with Crippen molar-refractivity contribution in [3.63, 3.8) is 0 Å². The van der Waals surface area contributed by atoms with Crippen molar-refractivity contribution in [2.75, 3.05) is 25.4 Å². The van der Waals surface area contributed by atoms with Gasteiger partial charge < -0.3 is 10.1 Å². The molecule has 0 saturated carbocycles. The molecule has 1 saturated heterocycles. The number of hydrogen-bond acceptors (Lipinski definition) is 6.